The van der Waals surface area contributed by atoms with Crippen molar-refractivity contribution in [2.75, 3.05) is 12.4 Å². The van der Waals surface area contributed by atoms with Crippen LogP contribution in [-0.4, -0.2) is 17.0 Å². The minimum Gasteiger partial charge on any atom is -0.439 e. The number of nitrogens with one attached hydrogen (secondary N) is 1. The lowest BCUT2D eigenvalue weighted by Gasteiger charge is -2.12. The third kappa shape index (κ3) is 3.44. The fraction of sp³-hybridized carbons (Fsp3) is 0.286. The maximum atomic E-state index is 5.86. The SMILES string of the molecule is CCCc1c(NC)ncnc1Oc1cccc(Br)c1. The van der Waals surface area contributed by atoms with Crippen LogP contribution >= 0.6 is 15.9 Å². The molecule has 1 N–H and O–H groups in total. The topological polar surface area (TPSA) is 47.0 Å². The van der Waals surface area contributed by atoms with Gasteiger partial charge in [0, 0.05) is 11.5 Å². The molecule has 0 atom stereocenters. The molecule has 0 radical (unpaired) electrons. The number of aromatic nitrogens is 2. The lowest BCUT2D eigenvalue weighted by Crippen LogP contribution is -2.03. The fourth-order valence-electron chi connectivity index (χ4n) is 1.82. The largest absolute Gasteiger partial charge is 0.439 e. The van der Waals surface area contributed by atoms with Crippen molar-refractivity contribution < 1.29 is 4.74 Å². The molecule has 19 heavy (non-hydrogen) atoms. The van der Waals surface area contributed by atoms with Gasteiger partial charge in [-0.05, 0) is 24.6 Å². The summed E-state index contributed by atoms with van der Waals surface area (Å²) in [6.45, 7) is 2.12. The zero-order chi connectivity index (χ0) is 13.7. The molecule has 0 aliphatic rings. The molecule has 5 heteroatoms. The first-order chi connectivity index (χ1) is 9.24. The van der Waals surface area contributed by atoms with E-state index >= 15 is 0 Å². The number of hydrogen-bond donors (Lipinski definition) is 1. The van der Waals surface area contributed by atoms with Gasteiger partial charge in [0.2, 0.25) is 5.88 Å². The Kier molecular flexibility index (Phi) is 4.74. The molecule has 2 aromatic rings. The molecule has 0 spiro atoms. The molecule has 0 aliphatic heterocycles. The molecule has 1 aromatic carbocycles. The number of ether oxygens (including phenoxy) is 1. The summed E-state index contributed by atoms with van der Waals surface area (Å²) >= 11 is 3.43. The Morgan fingerprint density at radius 3 is 2.84 bits per heavy atom. The Labute approximate surface area is 121 Å². The minimum atomic E-state index is 0.610. The highest BCUT2D eigenvalue weighted by atomic mass is 79.9. The number of nitrogens with zero attached hydrogens (tertiary/aromatic N) is 2. The molecule has 0 amide bonds. The fourth-order valence-corrected chi connectivity index (χ4v) is 2.20. The first kappa shape index (κ1) is 13.8. The average Bonchev–Trinajstić information content (AvgIpc) is 2.41. The number of benzene rings is 1. The Morgan fingerprint density at radius 1 is 1.32 bits per heavy atom. The second kappa shape index (κ2) is 6.52. The Morgan fingerprint density at radius 2 is 2.16 bits per heavy atom. The zero-order valence-corrected chi connectivity index (χ0v) is 12.6. The summed E-state index contributed by atoms with van der Waals surface area (Å²) in [6.07, 6.45) is 3.40. The van der Waals surface area contributed by atoms with Gasteiger partial charge in [0.1, 0.15) is 17.9 Å². The van der Waals surface area contributed by atoms with Crippen LogP contribution in [0.25, 0.3) is 0 Å². The van der Waals surface area contributed by atoms with Gasteiger partial charge < -0.3 is 10.1 Å². The van der Waals surface area contributed by atoms with Crippen LogP contribution in [0.3, 0.4) is 0 Å². The summed E-state index contributed by atoms with van der Waals surface area (Å²) in [6, 6.07) is 7.70. The molecule has 0 unspecified atom stereocenters. The maximum Gasteiger partial charge on any atom is 0.227 e. The average molecular weight is 322 g/mol. The Hall–Kier alpha value is -1.62. The lowest BCUT2D eigenvalue weighted by molar-refractivity contribution is 0.454. The smallest absolute Gasteiger partial charge is 0.227 e. The van der Waals surface area contributed by atoms with Gasteiger partial charge in [-0.3, -0.25) is 0 Å². The van der Waals surface area contributed by atoms with Gasteiger partial charge >= 0.3 is 0 Å². The molecule has 0 saturated heterocycles. The summed E-state index contributed by atoms with van der Waals surface area (Å²) in [5, 5.41) is 3.08. The molecule has 0 bridgehead atoms. The van der Waals surface area contributed by atoms with E-state index in [1.807, 2.05) is 31.3 Å². The highest BCUT2D eigenvalue weighted by Crippen LogP contribution is 2.29. The second-order valence-corrected chi connectivity index (χ2v) is 4.98. The van der Waals surface area contributed by atoms with Crippen LogP contribution in [0.1, 0.15) is 18.9 Å². The van der Waals surface area contributed by atoms with Crippen molar-refractivity contribution >= 4 is 21.7 Å². The predicted molar refractivity (Wildman–Crippen MR) is 79.8 cm³/mol. The van der Waals surface area contributed by atoms with Crippen LogP contribution in [0.2, 0.25) is 0 Å². The van der Waals surface area contributed by atoms with Gasteiger partial charge in [-0.25, -0.2) is 9.97 Å². The second-order valence-electron chi connectivity index (χ2n) is 4.07. The van der Waals surface area contributed by atoms with Gasteiger partial charge in [-0.1, -0.05) is 35.3 Å². The molecule has 1 heterocycles. The highest BCUT2D eigenvalue weighted by molar-refractivity contribution is 9.10. The summed E-state index contributed by atoms with van der Waals surface area (Å²) < 4.78 is 6.84. The van der Waals surface area contributed by atoms with E-state index in [0.717, 1.165) is 34.4 Å². The van der Waals surface area contributed by atoms with Crippen LogP contribution in [-0.2, 0) is 6.42 Å². The van der Waals surface area contributed by atoms with E-state index in [2.05, 4.69) is 38.1 Å². The van der Waals surface area contributed by atoms with Gasteiger partial charge in [0.05, 0.1) is 5.56 Å². The van der Waals surface area contributed by atoms with Gasteiger partial charge in [-0.15, -0.1) is 0 Å². The normalized spacial score (nSPS) is 10.3. The Bertz CT molecular complexity index is 560. The van der Waals surface area contributed by atoms with Crippen molar-refractivity contribution in [2.24, 2.45) is 0 Å². The first-order valence-corrected chi connectivity index (χ1v) is 6.99. The summed E-state index contributed by atoms with van der Waals surface area (Å²) in [7, 11) is 1.85. The molecular weight excluding hydrogens is 306 g/mol. The number of hydrogen-bond acceptors (Lipinski definition) is 4. The summed E-state index contributed by atoms with van der Waals surface area (Å²) in [5.74, 6) is 2.19. The monoisotopic (exact) mass is 321 g/mol. The third-order valence-electron chi connectivity index (χ3n) is 2.65. The lowest BCUT2D eigenvalue weighted by atomic mass is 10.2. The van der Waals surface area contributed by atoms with Crippen molar-refractivity contribution in [1.82, 2.24) is 9.97 Å². The predicted octanol–water partition coefficient (Wildman–Crippen LogP) is 4.03. The van der Waals surface area contributed by atoms with Crippen molar-refractivity contribution in [3.63, 3.8) is 0 Å². The van der Waals surface area contributed by atoms with Crippen molar-refractivity contribution in [2.45, 2.75) is 19.8 Å². The summed E-state index contributed by atoms with van der Waals surface area (Å²) in [4.78, 5) is 8.47. The van der Waals surface area contributed by atoms with E-state index in [-0.39, 0.29) is 0 Å². The molecule has 0 aliphatic carbocycles. The number of rotatable bonds is 5. The van der Waals surface area contributed by atoms with E-state index < -0.39 is 0 Å². The quantitative estimate of drug-likeness (QED) is 0.903. The van der Waals surface area contributed by atoms with Gasteiger partial charge in [0.15, 0.2) is 0 Å². The van der Waals surface area contributed by atoms with E-state index in [9.17, 15) is 0 Å². The van der Waals surface area contributed by atoms with E-state index in [0.29, 0.717) is 5.88 Å². The van der Waals surface area contributed by atoms with Crippen LogP contribution < -0.4 is 10.1 Å². The molecule has 0 fully saturated rings. The molecular formula is C14H16BrN3O. The number of anilines is 1. The van der Waals surface area contributed by atoms with E-state index in [1.165, 1.54) is 6.33 Å². The van der Waals surface area contributed by atoms with Crippen LogP contribution in [0, 0.1) is 0 Å². The van der Waals surface area contributed by atoms with Gasteiger partial charge in [-0.2, -0.15) is 0 Å². The van der Waals surface area contributed by atoms with E-state index in [4.69, 9.17) is 4.74 Å². The van der Waals surface area contributed by atoms with Crippen molar-refractivity contribution in [1.29, 1.82) is 0 Å². The minimum absolute atomic E-state index is 0.610. The van der Waals surface area contributed by atoms with Crippen molar-refractivity contribution in [3.8, 4) is 11.6 Å². The van der Waals surface area contributed by atoms with Gasteiger partial charge in [0.25, 0.3) is 0 Å². The molecule has 2 rings (SSSR count). The third-order valence-corrected chi connectivity index (χ3v) is 3.15. The standard InChI is InChI=1S/C14H16BrN3O/c1-3-5-12-13(16-2)17-9-18-14(12)19-11-7-4-6-10(15)8-11/h4,6-9H,3,5H2,1-2H3,(H,16,17,18). The van der Waals surface area contributed by atoms with Crippen LogP contribution in [0.4, 0.5) is 5.82 Å². The Balaban J connectivity index is 2.33. The molecule has 4 nitrogen and oxygen atoms in total. The zero-order valence-electron chi connectivity index (χ0n) is 11.0. The molecule has 100 valence electrons. The summed E-state index contributed by atoms with van der Waals surface area (Å²) in [5.41, 5.74) is 1.01. The van der Waals surface area contributed by atoms with Crippen molar-refractivity contribution in [3.05, 3.63) is 40.6 Å². The maximum absolute atomic E-state index is 5.86. The molecule has 1 aromatic heterocycles. The van der Waals surface area contributed by atoms with E-state index in [1.54, 1.807) is 0 Å². The number of halogens is 1. The molecule has 0 saturated carbocycles. The van der Waals surface area contributed by atoms with Crippen LogP contribution in [0.15, 0.2) is 35.1 Å². The van der Waals surface area contributed by atoms with Crippen LogP contribution in [0.5, 0.6) is 11.6 Å². The first-order valence-electron chi connectivity index (χ1n) is 6.19. The highest BCUT2D eigenvalue weighted by Gasteiger charge is 2.11.